The Morgan fingerprint density at radius 3 is 2.47 bits per heavy atom. The molecule has 19 heavy (non-hydrogen) atoms. The SMILES string of the molecule is N#CC(C(=O)c1cccc(Br)c1)c1ccc(F)cc1. The number of rotatable bonds is 3. The van der Waals surface area contributed by atoms with E-state index in [4.69, 9.17) is 0 Å². The Morgan fingerprint density at radius 1 is 1.21 bits per heavy atom. The topological polar surface area (TPSA) is 40.9 Å². The maximum absolute atomic E-state index is 12.9. The number of hydrogen-bond donors (Lipinski definition) is 0. The fourth-order valence-electron chi connectivity index (χ4n) is 1.75. The Morgan fingerprint density at radius 2 is 1.89 bits per heavy atom. The lowest BCUT2D eigenvalue weighted by Crippen LogP contribution is -2.11. The average Bonchev–Trinajstić information content (AvgIpc) is 2.41. The summed E-state index contributed by atoms with van der Waals surface area (Å²) in [5.74, 6) is -1.61. The van der Waals surface area contributed by atoms with Crippen molar-refractivity contribution in [2.45, 2.75) is 5.92 Å². The minimum atomic E-state index is -0.921. The Bertz CT molecular complexity index is 646. The third kappa shape index (κ3) is 3.07. The van der Waals surface area contributed by atoms with Crippen LogP contribution in [0, 0.1) is 17.1 Å². The molecule has 0 saturated heterocycles. The highest BCUT2D eigenvalue weighted by atomic mass is 79.9. The van der Waals surface area contributed by atoms with E-state index in [0.717, 1.165) is 4.47 Å². The lowest BCUT2D eigenvalue weighted by atomic mass is 9.92. The molecule has 0 amide bonds. The van der Waals surface area contributed by atoms with Gasteiger partial charge in [0.1, 0.15) is 11.7 Å². The molecule has 1 atom stereocenters. The molecular weight excluding hydrogens is 309 g/mol. The van der Waals surface area contributed by atoms with Crippen LogP contribution in [0.15, 0.2) is 53.0 Å². The van der Waals surface area contributed by atoms with Gasteiger partial charge in [-0.3, -0.25) is 4.79 Å². The Hall–Kier alpha value is -1.99. The highest BCUT2D eigenvalue weighted by Gasteiger charge is 2.21. The van der Waals surface area contributed by atoms with E-state index in [-0.39, 0.29) is 5.78 Å². The standard InChI is InChI=1S/C15H9BrFNO/c16-12-3-1-2-11(8-12)15(19)14(9-18)10-4-6-13(17)7-5-10/h1-8,14H. The quantitative estimate of drug-likeness (QED) is 0.800. The van der Waals surface area contributed by atoms with Crippen molar-refractivity contribution in [1.82, 2.24) is 0 Å². The van der Waals surface area contributed by atoms with E-state index >= 15 is 0 Å². The summed E-state index contributed by atoms with van der Waals surface area (Å²) < 4.78 is 13.6. The van der Waals surface area contributed by atoms with E-state index in [1.165, 1.54) is 24.3 Å². The van der Waals surface area contributed by atoms with Crippen molar-refractivity contribution in [3.8, 4) is 6.07 Å². The van der Waals surface area contributed by atoms with Crippen LogP contribution in [-0.4, -0.2) is 5.78 Å². The number of halogens is 2. The van der Waals surface area contributed by atoms with E-state index in [0.29, 0.717) is 11.1 Å². The van der Waals surface area contributed by atoms with Gasteiger partial charge >= 0.3 is 0 Å². The molecule has 0 saturated carbocycles. The van der Waals surface area contributed by atoms with Crippen LogP contribution in [0.2, 0.25) is 0 Å². The van der Waals surface area contributed by atoms with Gasteiger partial charge < -0.3 is 0 Å². The smallest absolute Gasteiger partial charge is 0.184 e. The van der Waals surface area contributed by atoms with E-state index in [9.17, 15) is 14.4 Å². The molecule has 2 rings (SSSR count). The number of ketones is 1. The molecule has 0 radical (unpaired) electrons. The highest BCUT2D eigenvalue weighted by molar-refractivity contribution is 9.10. The van der Waals surface area contributed by atoms with Gasteiger partial charge in [-0.1, -0.05) is 40.2 Å². The van der Waals surface area contributed by atoms with Gasteiger partial charge in [0.25, 0.3) is 0 Å². The average molecular weight is 318 g/mol. The Balaban J connectivity index is 2.35. The zero-order chi connectivity index (χ0) is 13.8. The van der Waals surface area contributed by atoms with Crippen molar-refractivity contribution < 1.29 is 9.18 Å². The molecule has 0 spiro atoms. The second kappa shape index (κ2) is 5.77. The van der Waals surface area contributed by atoms with E-state index in [1.54, 1.807) is 24.3 Å². The first kappa shape index (κ1) is 13.4. The molecule has 0 aliphatic rings. The van der Waals surface area contributed by atoms with Crippen molar-refractivity contribution in [3.05, 3.63) is 69.9 Å². The summed E-state index contributed by atoms with van der Waals surface area (Å²) in [6, 6.07) is 14.2. The van der Waals surface area contributed by atoms with Crippen molar-refractivity contribution in [1.29, 1.82) is 5.26 Å². The Labute approximate surface area is 118 Å². The molecule has 2 aromatic rings. The molecule has 2 aromatic carbocycles. The van der Waals surface area contributed by atoms with Crippen molar-refractivity contribution in [3.63, 3.8) is 0 Å². The minimum Gasteiger partial charge on any atom is -0.292 e. The number of nitrogens with zero attached hydrogens (tertiary/aromatic N) is 1. The van der Waals surface area contributed by atoms with E-state index < -0.39 is 11.7 Å². The van der Waals surface area contributed by atoms with E-state index in [1.807, 2.05) is 6.07 Å². The van der Waals surface area contributed by atoms with Crippen molar-refractivity contribution >= 4 is 21.7 Å². The van der Waals surface area contributed by atoms with Crippen LogP contribution in [-0.2, 0) is 0 Å². The summed E-state index contributed by atoms with van der Waals surface area (Å²) >= 11 is 3.28. The number of nitriles is 1. The van der Waals surface area contributed by atoms with Gasteiger partial charge in [0.05, 0.1) is 6.07 Å². The van der Waals surface area contributed by atoms with Crippen LogP contribution in [0.1, 0.15) is 21.8 Å². The van der Waals surface area contributed by atoms with Crippen LogP contribution in [0.25, 0.3) is 0 Å². The molecule has 94 valence electrons. The lowest BCUT2D eigenvalue weighted by Gasteiger charge is -2.08. The van der Waals surface area contributed by atoms with Gasteiger partial charge in [-0.15, -0.1) is 0 Å². The van der Waals surface area contributed by atoms with Crippen LogP contribution < -0.4 is 0 Å². The molecule has 2 nitrogen and oxygen atoms in total. The van der Waals surface area contributed by atoms with Crippen LogP contribution in [0.4, 0.5) is 4.39 Å². The number of hydrogen-bond acceptors (Lipinski definition) is 2. The fraction of sp³-hybridized carbons (Fsp3) is 0.0667. The monoisotopic (exact) mass is 317 g/mol. The van der Waals surface area contributed by atoms with Gasteiger partial charge in [-0.2, -0.15) is 5.26 Å². The molecule has 0 heterocycles. The van der Waals surface area contributed by atoms with Gasteiger partial charge in [-0.05, 0) is 29.8 Å². The van der Waals surface area contributed by atoms with Gasteiger partial charge in [0.2, 0.25) is 0 Å². The first-order chi connectivity index (χ1) is 9.11. The zero-order valence-corrected chi connectivity index (χ0v) is 11.4. The van der Waals surface area contributed by atoms with Crippen LogP contribution in [0.5, 0.6) is 0 Å². The summed E-state index contributed by atoms with van der Waals surface area (Å²) in [5.41, 5.74) is 0.944. The van der Waals surface area contributed by atoms with E-state index in [2.05, 4.69) is 15.9 Å². The van der Waals surface area contributed by atoms with Crippen molar-refractivity contribution in [2.75, 3.05) is 0 Å². The predicted molar refractivity (Wildman–Crippen MR) is 73.2 cm³/mol. The summed E-state index contributed by atoms with van der Waals surface area (Å²) in [7, 11) is 0. The summed E-state index contributed by atoms with van der Waals surface area (Å²) in [5, 5.41) is 9.17. The molecule has 0 aliphatic heterocycles. The second-order valence-corrected chi connectivity index (χ2v) is 4.90. The van der Waals surface area contributed by atoms with Crippen molar-refractivity contribution in [2.24, 2.45) is 0 Å². The largest absolute Gasteiger partial charge is 0.292 e. The molecule has 4 heteroatoms. The normalized spacial score (nSPS) is 11.6. The molecule has 0 bridgehead atoms. The number of carbonyl (C=O) groups excluding carboxylic acids is 1. The third-order valence-corrected chi connectivity index (χ3v) is 3.20. The van der Waals surface area contributed by atoms with Gasteiger partial charge in [0.15, 0.2) is 5.78 Å². The molecule has 1 unspecified atom stereocenters. The summed E-state index contributed by atoms with van der Waals surface area (Å²) in [4.78, 5) is 12.3. The highest BCUT2D eigenvalue weighted by Crippen LogP contribution is 2.22. The fourth-order valence-corrected chi connectivity index (χ4v) is 2.15. The maximum Gasteiger partial charge on any atom is 0.184 e. The molecule has 0 N–H and O–H groups in total. The van der Waals surface area contributed by atoms with Gasteiger partial charge in [-0.25, -0.2) is 4.39 Å². The number of Topliss-reactive ketones (excluding diaryl/α,β-unsaturated/α-hetero) is 1. The lowest BCUT2D eigenvalue weighted by molar-refractivity contribution is 0.0979. The maximum atomic E-state index is 12.9. The first-order valence-electron chi connectivity index (χ1n) is 5.56. The first-order valence-corrected chi connectivity index (χ1v) is 6.36. The number of benzene rings is 2. The molecule has 0 aliphatic carbocycles. The molecule has 0 fully saturated rings. The van der Waals surface area contributed by atoms with Crippen LogP contribution >= 0.6 is 15.9 Å². The van der Waals surface area contributed by atoms with Gasteiger partial charge in [0, 0.05) is 10.0 Å². The predicted octanol–water partition coefficient (Wildman–Crippen LogP) is 4.08. The minimum absolute atomic E-state index is 0.296. The zero-order valence-electron chi connectivity index (χ0n) is 9.81. The summed E-state index contributed by atoms with van der Waals surface area (Å²) in [6.45, 7) is 0. The second-order valence-electron chi connectivity index (χ2n) is 3.99. The number of carbonyl (C=O) groups is 1. The molecular formula is C15H9BrFNO. The third-order valence-electron chi connectivity index (χ3n) is 2.70. The van der Waals surface area contributed by atoms with Crippen LogP contribution in [0.3, 0.4) is 0 Å². The summed E-state index contributed by atoms with van der Waals surface area (Å²) in [6.07, 6.45) is 0. The molecule has 0 aromatic heterocycles. The Kier molecular flexibility index (Phi) is 4.08.